The smallest absolute Gasteiger partial charge is 0.335 e. The van der Waals surface area contributed by atoms with Crippen molar-refractivity contribution in [2.24, 2.45) is 4.99 Å². The van der Waals surface area contributed by atoms with Gasteiger partial charge in [-0.1, -0.05) is 18.1 Å². The summed E-state index contributed by atoms with van der Waals surface area (Å²) in [6.07, 6.45) is 6.95. The third-order valence-electron chi connectivity index (χ3n) is 3.84. The van der Waals surface area contributed by atoms with Crippen molar-refractivity contribution < 1.29 is 19.4 Å². The maximum absolute atomic E-state index is 12.5. The standard InChI is InChI=1S/C21H16N2O4S/c1-3-12-27-17-10-4-14(5-11-17)13-18-19(24)23(2)21(28-18)22-16-8-6-15(7-9-16)20(25)26/h1,4-11,13H,12H2,2H3,(H,25,26). The zero-order valence-corrected chi connectivity index (χ0v) is 15.8. The van der Waals surface area contributed by atoms with Gasteiger partial charge in [-0.25, -0.2) is 9.79 Å². The molecule has 1 saturated heterocycles. The second kappa shape index (κ2) is 8.46. The topological polar surface area (TPSA) is 79.2 Å². The van der Waals surface area contributed by atoms with Gasteiger partial charge in [0, 0.05) is 7.05 Å². The highest BCUT2D eigenvalue weighted by Crippen LogP contribution is 2.33. The number of hydrogen-bond donors (Lipinski definition) is 1. The van der Waals surface area contributed by atoms with Gasteiger partial charge in [0.1, 0.15) is 12.4 Å². The van der Waals surface area contributed by atoms with Gasteiger partial charge >= 0.3 is 5.97 Å². The predicted molar refractivity (Wildman–Crippen MR) is 110 cm³/mol. The molecule has 0 aliphatic carbocycles. The average molecular weight is 392 g/mol. The number of rotatable bonds is 5. The van der Waals surface area contributed by atoms with Crippen LogP contribution in [0, 0.1) is 12.3 Å². The van der Waals surface area contributed by atoms with E-state index in [2.05, 4.69) is 10.9 Å². The molecule has 0 saturated carbocycles. The molecule has 0 aromatic heterocycles. The minimum atomic E-state index is -0.998. The molecular formula is C21H16N2O4S. The van der Waals surface area contributed by atoms with Crippen LogP contribution in [0.5, 0.6) is 5.75 Å². The van der Waals surface area contributed by atoms with Crippen LogP contribution in [0.2, 0.25) is 0 Å². The Bertz CT molecular complexity index is 1000. The lowest BCUT2D eigenvalue weighted by Crippen LogP contribution is -2.23. The van der Waals surface area contributed by atoms with Gasteiger partial charge < -0.3 is 9.84 Å². The van der Waals surface area contributed by atoms with Crippen LogP contribution in [0.3, 0.4) is 0 Å². The molecule has 2 aromatic rings. The Kier molecular flexibility index (Phi) is 5.82. The van der Waals surface area contributed by atoms with Crippen LogP contribution in [0.1, 0.15) is 15.9 Å². The summed E-state index contributed by atoms with van der Waals surface area (Å²) in [6, 6.07) is 13.4. The second-order valence-electron chi connectivity index (χ2n) is 5.78. The van der Waals surface area contributed by atoms with Gasteiger partial charge in [0.05, 0.1) is 16.2 Å². The van der Waals surface area contributed by atoms with Crippen LogP contribution in [-0.4, -0.2) is 40.7 Å². The van der Waals surface area contributed by atoms with Crippen molar-refractivity contribution in [2.75, 3.05) is 13.7 Å². The molecule has 1 aliphatic rings. The van der Waals surface area contributed by atoms with E-state index in [-0.39, 0.29) is 18.1 Å². The highest BCUT2D eigenvalue weighted by Gasteiger charge is 2.30. The van der Waals surface area contributed by atoms with Gasteiger partial charge in [0.2, 0.25) is 0 Å². The van der Waals surface area contributed by atoms with Crippen molar-refractivity contribution in [1.29, 1.82) is 0 Å². The van der Waals surface area contributed by atoms with Gasteiger partial charge in [-0.2, -0.15) is 0 Å². The molecule has 0 atom stereocenters. The number of carbonyl (C=O) groups is 2. The first-order chi connectivity index (χ1) is 13.5. The van der Waals surface area contributed by atoms with Crippen LogP contribution in [-0.2, 0) is 4.79 Å². The third-order valence-corrected chi connectivity index (χ3v) is 4.90. The number of benzene rings is 2. The number of amidine groups is 1. The normalized spacial score (nSPS) is 16.4. The first-order valence-corrected chi connectivity index (χ1v) is 9.05. The first-order valence-electron chi connectivity index (χ1n) is 8.24. The summed E-state index contributed by atoms with van der Waals surface area (Å²) in [6.45, 7) is 0.201. The number of carboxylic acids is 1. The molecule has 0 spiro atoms. The Balaban J connectivity index is 1.78. The maximum Gasteiger partial charge on any atom is 0.335 e. The van der Waals surface area contributed by atoms with Crippen LogP contribution in [0.15, 0.2) is 58.4 Å². The number of nitrogens with zero attached hydrogens (tertiary/aromatic N) is 2. The van der Waals surface area contributed by atoms with E-state index in [1.165, 1.54) is 28.8 Å². The molecule has 1 aliphatic heterocycles. The number of hydrogen-bond acceptors (Lipinski definition) is 5. The molecular weight excluding hydrogens is 376 g/mol. The number of amides is 1. The Hall–Kier alpha value is -3.50. The highest BCUT2D eigenvalue weighted by atomic mass is 32.2. The second-order valence-corrected chi connectivity index (χ2v) is 6.79. The zero-order chi connectivity index (χ0) is 20.1. The molecule has 0 bridgehead atoms. The van der Waals surface area contributed by atoms with Crippen molar-refractivity contribution in [3.05, 3.63) is 64.6 Å². The fourth-order valence-electron chi connectivity index (χ4n) is 2.38. The van der Waals surface area contributed by atoms with Crippen molar-refractivity contribution >= 4 is 40.6 Å². The summed E-state index contributed by atoms with van der Waals surface area (Å²) >= 11 is 1.26. The van der Waals surface area contributed by atoms with Gasteiger partial charge in [0.15, 0.2) is 5.17 Å². The number of likely N-dealkylation sites (N-methyl/N-ethyl adjacent to an activating group) is 1. The highest BCUT2D eigenvalue weighted by molar-refractivity contribution is 8.18. The van der Waals surface area contributed by atoms with Gasteiger partial charge in [-0.05, 0) is 59.8 Å². The monoisotopic (exact) mass is 392 g/mol. The zero-order valence-electron chi connectivity index (χ0n) is 15.0. The predicted octanol–water partition coefficient (Wildman–Crippen LogP) is 3.63. The van der Waals surface area contributed by atoms with E-state index >= 15 is 0 Å². The van der Waals surface area contributed by atoms with Crippen LogP contribution in [0.25, 0.3) is 6.08 Å². The first kappa shape index (κ1) is 19.3. The summed E-state index contributed by atoms with van der Waals surface area (Å²) in [5.74, 6) is 1.91. The lowest BCUT2D eigenvalue weighted by molar-refractivity contribution is -0.121. The minimum absolute atomic E-state index is 0.154. The van der Waals surface area contributed by atoms with Gasteiger partial charge in [-0.15, -0.1) is 6.42 Å². The van der Waals surface area contributed by atoms with E-state index < -0.39 is 5.97 Å². The molecule has 1 heterocycles. The molecule has 7 heteroatoms. The van der Waals surface area contributed by atoms with E-state index in [1.807, 2.05) is 12.1 Å². The van der Waals surface area contributed by atoms with E-state index in [1.54, 1.807) is 37.4 Å². The molecule has 1 amide bonds. The largest absolute Gasteiger partial charge is 0.481 e. The van der Waals surface area contributed by atoms with Crippen molar-refractivity contribution in [3.63, 3.8) is 0 Å². The number of carboxylic acid groups (broad SMARTS) is 1. The molecule has 2 aromatic carbocycles. The molecule has 0 radical (unpaired) electrons. The third kappa shape index (κ3) is 4.42. The number of terminal acetylenes is 1. The quantitative estimate of drug-likeness (QED) is 0.621. The summed E-state index contributed by atoms with van der Waals surface area (Å²) < 4.78 is 5.33. The molecule has 1 N–H and O–H groups in total. The summed E-state index contributed by atoms with van der Waals surface area (Å²) in [4.78, 5) is 29.9. The number of carbonyl (C=O) groups excluding carboxylic acids is 1. The molecule has 140 valence electrons. The van der Waals surface area contributed by atoms with E-state index in [0.29, 0.717) is 21.5 Å². The summed E-state index contributed by atoms with van der Waals surface area (Å²) in [7, 11) is 1.65. The van der Waals surface area contributed by atoms with Crippen LogP contribution in [0.4, 0.5) is 5.69 Å². The molecule has 6 nitrogen and oxygen atoms in total. The lowest BCUT2D eigenvalue weighted by atomic mass is 10.2. The van der Waals surface area contributed by atoms with E-state index in [9.17, 15) is 9.59 Å². The Morgan fingerprint density at radius 2 is 1.93 bits per heavy atom. The SMILES string of the molecule is C#CCOc1ccc(C=C2SC(=Nc3ccc(C(=O)O)cc3)N(C)C2=O)cc1. The lowest BCUT2D eigenvalue weighted by Gasteiger charge is -2.07. The Morgan fingerprint density at radius 1 is 1.25 bits per heavy atom. The van der Waals surface area contributed by atoms with Gasteiger partial charge in [0.25, 0.3) is 5.91 Å². The Labute approximate surface area is 166 Å². The fraction of sp³-hybridized carbons (Fsp3) is 0.0952. The van der Waals surface area contributed by atoms with Crippen molar-refractivity contribution in [3.8, 4) is 18.1 Å². The van der Waals surface area contributed by atoms with E-state index in [0.717, 1.165) is 5.56 Å². The number of ether oxygens (including phenoxy) is 1. The molecule has 1 fully saturated rings. The van der Waals surface area contributed by atoms with E-state index in [4.69, 9.17) is 16.3 Å². The van der Waals surface area contributed by atoms with Crippen LogP contribution >= 0.6 is 11.8 Å². The number of thioether (sulfide) groups is 1. The van der Waals surface area contributed by atoms with Crippen LogP contribution < -0.4 is 4.74 Å². The molecule has 0 unspecified atom stereocenters. The Morgan fingerprint density at radius 3 is 2.54 bits per heavy atom. The van der Waals surface area contributed by atoms with Gasteiger partial charge in [-0.3, -0.25) is 9.69 Å². The minimum Gasteiger partial charge on any atom is -0.481 e. The summed E-state index contributed by atoms with van der Waals surface area (Å²) in [5.41, 5.74) is 1.61. The molecule has 3 rings (SSSR count). The number of aromatic carboxylic acids is 1. The number of aliphatic imine (C=N–C) groups is 1. The van der Waals surface area contributed by atoms with Crippen molar-refractivity contribution in [2.45, 2.75) is 0 Å². The van der Waals surface area contributed by atoms with Crippen molar-refractivity contribution in [1.82, 2.24) is 4.90 Å². The summed E-state index contributed by atoms with van der Waals surface area (Å²) in [5, 5.41) is 9.48. The average Bonchev–Trinajstić information content (AvgIpc) is 2.95. The maximum atomic E-state index is 12.5. The fourth-order valence-corrected chi connectivity index (χ4v) is 3.36. The molecule has 28 heavy (non-hydrogen) atoms.